The fourth-order valence-electron chi connectivity index (χ4n) is 2.52. The average Bonchev–Trinajstić information content (AvgIpc) is 3.31. The summed E-state index contributed by atoms with van der Waals surface area (Å²) >= 11 is 3.54. The number of nitrogens with zero attached hydrogens (tertiary/aromatic N) is 3. The van der Waals surface area contributed by atoms with Gasteiger partial charge < -0.3 is 15.3 Å². The van der Waals surface area contributed by atoms with Crippen LogP contribution in [0.3, 0.4) is 0 Å². The number of rotatable bonds is 4. The highest BCUT2D eigenvalue weighted by Crippen LogP contribution is 2.31. The Morgan fingerprint density at radius 3 is 2.65 bits per heavy atom. The summed E-state index contributed by atoms with van der Waals surface area (Å²) in [5.74, 6) is -2.76. The van der Waals surface area contributed by atoms with E-state index < -0.39 is 12.1 Å². The van der Waals surface area contributed by atoms with Gasteiger partial charge in [-0.3, -0.25) is 0 Å². The van der Waals surface area contributed by atoms with Crippen LogP contribution >= 0.6 is 15.9 Å². The molecule has 1 aromatic carbocycles. The van der Waals surface area contributed by atoms with Crippen LogP contribution in [0.15, 0.2) is 39.0 Å². The predicted molar refractivity (Wildman–Crippen MR) is 92.9 cm³/mol. The number of aliphatic carboxylic acids is 1. The number of carbonyl (C=O) groups is 1. The Morgan fingerprint density at radius 1 is 1.46 bits per heavy atom. The summed E-state index contributed by atoms with van der Waals surface area (Å²) in [6.07, 6.45) is -4.04. The molecule has 1 saturated heterocycles. The van der Waals surface area contributed by atoms with Crippen molar-refractivity contribution in [3.8, 4) is 0 Å². The van der Waals surface area contributed by atoms with Gasteiger partial charge in [-0.05, 0) is 24.6 Å². The molecule has 0 aromatic heterocycles. The van der Waals surface area contributed by atoms with Crippen molar-refractivity contribution < 1.29 is 23.1 Å². The summed E-state index contributed by atoms with van der Waals surface area (Å²) in [5.41, 5.74) is 1.28. The van der Waals surface area contributed by atoms with Crippen LogP contribution in [0.25, 0.3) is 0 Å². The van der Waals surface area contributed by atoms with E-state index in [1.165, 1.54) is 5.56 Å². The molecule has 0 aliphatic carbocycles. The monoisotopic (exact) mass is 436 g/mol. The second-order valence-corrected chi connectivity index (χ2v) is 7.25. The lowest BCUT2D eigenvalue weighted by Crippen LogP contribution is -2.46. The standard InChI is InChI=1S/C14H19BrN4.C2HF3O2/c1-14(17-18-14)5-7-19-8-6-16-13(10-19)11-3-2-4-12(15)9-11;3-2(4,5)1(6)7/h2-4,9,13,16H,5-8,10H2,1H3;(H,6,7). The third-order valence-corrected chi connectivity index (χ3v) is 4.59. The summed E-state index contributed by atoms with van der Waals surface area (Å²) in [6.45, 7) is 6.39. The molecule has 2 N–H and O–H groups in total. The molecule has 2 aliphatic heterocycles. The molecule has 10 heteroatoms. The first-order valence-corrected chi connectivity index (χ1v) is 8.84. The highest BCUT2D eigenvalue weighted by molar-refractivity contribution is 9.10. The van der Waals surface area contributed by atoms with Crippen molar-refractivity contribution in [2.75, 3.05) is 26.2 Å². The number of benzene rings is 1. The molecule has 2 heterocycles. The van der Waals surface area contributed by atoms with Gasteiger partial charge in [-0.25, -0.2) is 4.79 Å². The molecule has 0 radical (unpaired) electrons. The van der Waals surface area contributed by atoms with Gasteiger partial charge in [-0.15, -0.1) is 0 Å². The van der Waals surface area contributed by atoms with Gasteiger partial charge in [0.15, 0.2) is 5.66 Å². The van der Waals surface area contributed by atoms with Crippen molar-refractivity contribution in [3.63, 3.8) is 0 Å². The van der Waals surface area contributed by atoms with E-state index in [4.69, 9.17) is 9.90 Å². The minimum atomic E-state index is -5.08. The van der Waals surface area contributed by atoms with E-state index in [2.05, 4.69) is 67.6 Å². The highest BCUT2D eigenvalue weighted by Gasteiger charge is 2.38. The van der Waals surface area contributed by atoms with Gasteiger partial charge in [-0.1, -0.05) is 28.1 Å². The second kappa shape index (κ2) is 8.45. The number of carboxylic acids is 1. The fraction of sp³-hybridized carbons (Fsp3) is 0.562. The van der Waals surface area contributed by atoms with Gasteiger partial charge in [0.1, 0.15) is 0 Å². The van der Waals surface area contributed by atoms with E-state index in [1.807, 2.05) is 0 Å². The zero-order chi connectivity index (χ0) is 19.4. The highest BCUT2D eigenvalue weighted by atomic mass is 79.9. The molecule has 6 nitrogen and oxygen atoms in total. The van der Waals surface area contributed by atoms with Crippen molar-refractivity contribution in [3.05, 3.63) is 34.3 Å². The largest absolute Gasteiger partial charge is 0.490 e. The molecule has 0 amide bonds. The average molecular weight is 437 g/mol. The fourth-order valence-corrected chi connectivity index (χ4v) is 2.93. The molecular weight excluding hydrogens is 417 g/mol. The van der Waals surface area contributed by atoms with E-state index >= 15 is 0 Å². The number of piperazine rings is 1. The zero-order valence-corrected chi connectivity index (χ0v) is 15.7. The minimum absolute atomic E-state index is 0.0733. The molecule has 1 atom stereocenters. The molecule has 144 valence electrons. The van der Waals surface area contributed by atoms with Gasteiger partial charge in [-0.2, -0.15) is 23.4 Å². The first-order valence-electron chi connectivity index (χ1n) is 8.04. The van der Waals surface area contributed by atoms with E-state index in [0.29, 0.717) is 6.04 Å². The van der Waals surface area contributed by atoms with E-state index in [0.717, 1.165) is 37.1 Å². The molecule has 2 aliphatic rings. The van der Waals surface area contributed by atoms with Crippen LogP contribution in [0.4, 0.5) is 13.2 Å². The van der Waals surface area contributed by atoms with Crippen LogP contribution < -0.4 is 5.32 Å². The number of halogens is 4. The normalized spacial score (nSPS) is 21.7. The van der Waals surface area contributed by atoms with Crippen LogP contribution in [-0.2, 0) is 4.79 Å². The molecule has 1 fully saturated rings. The minimum Gasteiger partial charge on any atom is -0.475 e. The Bertz CT molecular complexity index is 663. The van der Waals surface area contributed by atoms with Crippen molar-refractivity contribution in [2.24, 2.45) is 10.2 Å². The van der Waals surface area contributed by atoms with Crippen molar-refractivity contribution >= 4 is 21.9 Å². The molecule has 1 unspecified atom stereocenters. The van der Waals surface area contributed by atoms with Gasteiger partial charge in [0.25, 0.3) is 0 Å². The van der Waals surface area contributed by atoms with E-state index in [1.54, 1.807) is 0 Å². The molecule has 3 rings (SSSR count). The lowest BCUT2D eigenvalue weighted by molar-refractivity contribution is -0.192. The topological polar surface area (TPSA) is 77.3 Å². The third kappa shape index (κ3) is 6.65. The molecule has 26 heavy (non-hydrogen) atoms. The first kappa shape index (κ1) is 20.8. The number of hydrogen-bond acceptors (Lipinski definition) is 5. The van der Waals surface area contributed by atoms with Gasteiger partial charge in [0.2, 0.25) is 0 Å². The lowest BCUT2D eigenvalue weighted by atomic mass is 10.0. The summed E-state index contributed by atoms with van der Waals surface area (Å²) in [5, 5.41) is 18.9. The van der Waals surface area contributed by atoms with Gasteiger partial charge in [0.05, 0.1) is 0 Å². The second-order valence-electron chi connectivity index (χ2n) is 6.33. The maximum atomic E-state index is 10.6. The van der Waals surface area contributed by atoms with Crippen molar-refractivity contribution in [1.82, 2.24) is 10.2 Å². The quantitative estimate of drug-likeness (QED) is 0.755. The summed E-state index contributed by atoms with van der Waals surface area (Å²) < 4.78 is 32.9. The third-order valence-electron chi connectivity index (χ3n) is 4.10. The van der Waals surface area contributed by atoms with Crippen LogP contribution in [0.1, 0.15) is 24.9 Å². The maximum absolute atomic E-state index is 10.6. The molecule has 0 spiro atoms. The Morgan fingerprint density at radius 2 is 2.12 bits per heavy atom. The van der Waals surface area contributed by atoms with Crippen LogP contribution in [0.5, 0.6) is 0 Å². The summed E-state index contributed by atoms with van der Waals surface area (Å²) in [7, 11) is 0. The molecule has 0 saturated carbocycles. The SMILES string of the molecule is CC1(CCN2CCNC(c3cccc(Br)c3)C2)N=N1.O=C(O)C(F)(F)F. The van der Waals surface area contributed by atoms with Crippen molar-refractivity contribution in [1.29, 1.82) is 0 Å². The van der Waals surface area contributed by atoms with Crippen molar-refractivity contribution in [2.45, 2.75) is 31.2 Å². The first-order chi connectivity index (χ1) is 12.1. The van der Waals surface area contributed by atoms with Gasteiger partial charge in [0, 0.05) is 43.1 Å². The summed E-state index contributed by atoms with van der Waals surface area (Å²) in [6, 6.07) is 8.99. The van der Waals surface area contributed by atoms with Crippen LogP contribution in [-0.4, -0.2) is 54.0 Å². The Balaban J connectivity index is 0.000000298. The predicted octanol–water partition coefficient (Wildman–Crippen LogP) is 3.60. The smallest absolute Gasteiger partial charge is 0.475 e. The molecule has 0 bridgehead atoms. The zero-order valence-electron chi connectivity index (χ0n) is 14.1. The maximum Gasteiger partial charge on any atom is 0.490 e. The molecule has 1 aromatic rings. The van der Waals surface area contributed by atoms with E-state index in [9.17, 15) is 13.2 Å². The van der Waals surface area contributed by atoms with Crippen LogP contribution in [0.2, 0.25) is 0 Å². The van der Waals surface area contributed by atoms with Gasteiger partial charge >= 0.3 is 12.1 Å². The Labute approximate surface area is 157 Å². The Hall–Kier alpha value is -1.52. The lowest BCUT2D eigenvalue weighted by Gasteiger charge is -2.34. The van der Waals surface area contributed by atoms with Crippen LogP contribution in [0, 0.1) is 0 Å². The number of hydrogen-bond donors (Lipinski definition) is 2. The van der Waals surface area contributed by atoms with E-state index in [-0.39, 0.29) is 5.66 Å². The Kier molecular flexibility index (Phi) is 6.75. The summed E-state index contributed by atoms with van der Waals surface area (Å²) in [4.78, 5) is 11.4. The number of carboxylic acid groups (broad SMARTS) is 1. The molecular formula is C16H20BrF3N4O2. The number of nitrogens with one attached hydrogen (secondary N) is 1. The number of alkyl halides is 3.